The zero-order valence-electron chi connectivity index (χ0n) is 12.8. The minimum absolute atomic E-state index is 0.166. The van der Waals surface area contributed by atoms with Crippen LogP contribution in [0, 0.1) is 0 Å². The van der Waals surface area contributed by atoms with Crippen molar-refractivity contribution in [3.63, 3.8) is 0 Å². The van der Waals surface area contributed by atoms with E-state index >= 15 is 0 Å². The first kappa shape index (κ1) is 16.7. The molecule has 1 aliphatic rings. The number of nitrogens with zero attached hydrogens (tertiary/aromatic N) is 2. The van der Waals surface area contributed by atoms with Crippen LogP contribution in [-0.2, 0) is 21.2 Å². The van der Waals surface area contributed by atoms with E-state index < -0.39 is 9.24 Å². The van der Waals surface area contributed by atoms with E-state index in [-0.39, 0.29) is 5.41 Å². The van der Waals surface area contributed by atoms with Gasteiger partial charge in [0.15, 0.2) is 0 Å². The summed E-state index contributed by atoms with van der Waals surface area (Å²) < 4.78 is 23.8. The SMILES string of the molecule is CC(C)(C)c1ccc(CN2CCN(S(=O)(=O)Cl)CC2)cc1. The Hall–Kier alpha value is -0.620. The summed E-state index contributed by atoms with van der Waals surface area (Å²) in [6.07, 6.45) is 0. The molecule has 0 N–H and O–H groups in total. The second kappa shape index (κ2) is 6.24. The summed E-state index contributed by atoms with van der Waals surface area (Å²) >= 11 is 0. The van der Waals surface area contributed by atoms with Gasteiger partial charge in [0, 0.05) is 43.4 Å². The molecule has 0 radical (unpaired) electrons. The van der Waals surface area contributed by atoms with Crippen molar-refractivity contribution in [3.05, 3.63) is 35.4 Å². The number of hydrogen-bond acceptors (Lipinski definition) is 3. The van der Waals surface area contributed by atoms with Gasteiger partial charge in [-0.2, -0.15) is 12.7 Å². The van der Waals surface area contributed by atoms with Crippen LogP contribution in [0.5, 0.6) is 0 Å². The molecule has 1 saturated heterocycles. The Morgan fingerprint density at radius 3 is 2.00 bits per heavy atom. The van der Waals surface area contributed by atoms with Crippen LogP contribution in [0.2, 0.25) is 0 Å². The van der Waals surface area contributed by atoms with E-state index in [9.17, 15) is 8.42 Å². The fourth-order valence-electron chi connectivity index (χ4n) is 2.47. The molecule has 2 rings (SSSR count). The van der Waals surface area contributed by atoms with Gasteiger partial charge in [-0.1, -0.05) is 45.0 Å². The number of rotatable bonds is 3. The molecule has 0 aliphatic carbocycles. The Morgan fingerprint density at radius 1 is 1.05 bits per heavy atom. The lowest BCUT2D eigenvalue weighted by Gasteiger charge is -2.32. The van der Waals surface area contributed by atoms with Crippen molar-refractivity contribution in [3.8, 4) is 0 Å². The fourth-order valence-corrected chi connectivity index (χ4v) is 3.49. The largest absolute Gasteiger partial charge is 0.299 e. The van der Waals surface area contributed by atoms with Gasteiger partial charge in [-0.05, 0) is 16.5 Å². The number of piperazine rings is 1. The minimum atomic E-state index is -3.57. The maximum atomic E-state index is 11.3. The average molecular weight is 331 g/mol. The third-order valence-electron chi connectivity index (χ3n) is 3.87. The first-order valence-electron chi connectivity index (χ1n) is 7.18. The molecule has 1 aromatic carbocycles. The van der Waals surface area contributed by atoms with Gasteiger partial charge < -0.3 is 0 Å². The molecular formula is C15H23ClN2O2S. The molecule has 0 atom stereocenters. The minimum Gasteiger partial charge on any atom is -0.296 e. The van der Waals surface area contributed by atoms with Gasteiger partial charge in [0.2, 0.25) is 0 Å². The monoisotopic (exact) mass is 330 g/mol. The van der Waals surface area contributed by atoms with Gasteiger partial charge in [0.25, 0.3) is 9.24 Å². The average Bonchev–Trinajstić information content (AvgIpc) is 2.38. The predicted octanol–water partition coefficient (Wildman–Crippen LogP) is 2.59. The van der Waals surface area contributed by atoms with Crippen LogP contribution in [0.15, 0.2) is 24.3 Å². The van der Waals surface area contributed by atoms with Crippen molar-refractivity contribution in [2.75, 3.05) is 26.2 Å². The molecule has 0 spiro atoms. The Bertz CT molecular complexity index is 571. The van der Waals surface area contributed by atoms with Crippen molar-refractivity contribution >= 4 is 19.9 Å². The van der Waals surface area contributed by atoms with Gasteiger partial charge in [-0.15, -0.1) is 0 Å². The third kappa shape index (κ3) is 4.68. The van der Waals surface area contributed by atoms with Crippen LogP contribution in [0.1, 0.15) is 31.9 Å². The molecule has 0 bridgehead atoms. The lowest BCUT2D eigenvalue weighted by atomic mass is 9.87. The molecule has 1 aliphatic heterocycles. The van der Waals surface area contributed by atoms with Gasteiger partial charge in [-0.3, -0.25) is 4.90 Å². The lowest BCUT2D eigenvalue weighted by Crippen LogP contribution is -2.46. The molecule has 1 fully saturated rings. The molecule has 1 aromatic rings. The second-order valence-electron chi connectivity index (χ2n) is 6.56. The Labute approximate surface area is 132 Å². The third-order valence-corrected chi connectivity index (χ3v) is 5.43. The topological polar surface area (TPSA) is 40.6 Å². The number of halogens is 1. The highest BCUT2D eigenvalue weighted by Gasteiger charge is 2.25. The van der Waals surface area contributed by atoms with Crippen LogP contribution in [0.4, 0.5) is 0 Å². The molecule has 6 heteroatoms. The Morgan fingerprint density at radius 2 is 1.57 bits per heavy atom. The highest BCUT2D eigenvalue weighted by atomic mass is 35.7. The van der Waals surface area contributed by atoms with E-state index in [0.29, 0.717) is 26.2 Å². The van der Waals surface area contributed by atoms with Gasteiger partial charge in [0.05, 0.1) is 0 Å². The molecule has 4 nitrogen and oxygen atoms in total. The maximum absolute atomic E-state index is 11.3. The van der Waals surface area contributed by atoms with Crippen molar-refractivity contribution in [2.24, 2.45) is 0 Å². The highest BCUT2D eigenvalue weighted by Crippen LogP contribution is 2.22. The highest BCUT2D eigenvalue weighted by molar-refractivity contribution is 8.11. The Balaban J connectivity index is 1.92. The molecule has 1 heterocycles. The van der Waals surface area contributed by atoms with Crippen LogP contribution < -0.4 is 0 Å². The van der Waals surface area contributed by atoms with Gasteiger partial charge >= 0.3 is 0 Å². The molecule has 0 unspecified atom stereocenters. The number of hydrogen-bond donors (Lipinski definition) is 0. The lowest BCUT2D eigenvalue weighted by molar-refractivity contribution is 0.183. The van der Waals surface area contributed by atoms with E-state index in [2.05, 4.69) is 49.9 Å². The maximum Gasteiger partial charge on any atom is 0.299 e. The molecule has 0 saturated carbocycles. The predicted molar refractivity (Wildman–Crippen MR) is 86.8 cm³/mol. The van der Waals surface area contributed by atoms with Crippen LogP contribution in [0.3, 0.4) is 0 Å². The quantitative estimate of drug-likeness (QED) is 0.800. The summed E-state index contributed by atoms with van der Waals surface area (Å²) in [7, 11) is 1.79. The van der Waals surface area contributed by atoms with E-state index in [0.717, 1.165) is 6.54 Å². The van der Waals surface area contributed by atoms with Crippen molar-refractivity contribution < 1.29 is 8.42 Å². The fraction of sp³-hybridized carbons (Fsp3) is 0.600. The summed E-state index contributed by atoms with van der Waals surface area (Å²) in [5.74, 6) is 0. The molecule has 0 amide bonds. The first-order chi connectivity index (χ1) is 9.66. The summed E-state index contributed by atoms with van der Waals surface area (Å²) in [4.78, 5) is 2.25. The zero-order chi connectivity index (χ0) is 15.7. The van der Waals surface area contributed by atoms with Gasteiger partial charge in [-0.25, -0.2) is 0 Å². The smallest absolute Gasteiger partial charge is 0.296 e. The van der Waals surface area contributed by atoms with Crippen LogP contribution in [-0.4, -0.2) is 43.8 Å². The summed E-state index contributed by atoms with van der Waals surface area (Å²) in [6.45, 7) is 9.81. The molecule has 21 heavy (non-hydrogen) atoms. The van der Waals surface area contributed by atoms with E-state index in [1.54, 1.807) is 0 Å². The Kier molecular flexibility index (Phi) is 4.98. The molecule has 0 aromatic heterocycles. The molecular weight excluding hydrogens is 308 g/mol. The van der Waals surface area contributed by atoms with E-state index in [4.69, 9.17) is 10.7 Å². The number of benzene rings is 1. The van der Waals surface area contributed by atoms with Crippen LogP contribution >= 0.6 is 10.7 Å². The second-order valence-corrected chi connectivity index (χ2v) is 9.07. The normalized spacial score (nSPS) is 18.9. The van der Waals surface area contributed by atoms with Crippen molar-refractivity contribution in [2.45, 2.75) is 32.7 Å². The van der Waals surface area contributed by atoms with E-state index in [1.165, 1.54) is 15.4 Å². The van der Waals surface area contributed by atoms with E-state index in [1.807, 2.05) is 0 Å². The summed E-state index contributed by atoms with van der Waals surface area (Å²) in [6, 6.07) is 8.67. The van der Waals surface area contributed by atoms with Gasteiger partial charge in [0.1, 0.15) is 0 Å². The molecule has 118 valence electrons. The summed E-state index contributed by atoms with van der Waals surface area (Å²) in [5.41, 5.74) is 2.74. The van der Waals surface area contributed by atoms with Crippen molar-refractivity contribution in [1.29, 1.82) is 0 Å². The summed E-state index contributed by atoms with van der Waals surface area (Å²) in [5, 5.41) is 0. The zero-order valence-corrected chi connectivity index (χ0v) is 14.4. The van der Waals surface area contributed by atoms with Crippen LogP contribution in [0.25, 0.3) is 0 Å². The first-order valence-corrected chi connectivity index (χ1v) is 9.44. The van der Waals surface area contributed by atoms with Crippen molar-refractivity contribution in [1.82, 2.24) is 9.21 Å². The standard InChI is InChI=1S/C15H23ClN2O2S/c1-15(2,3)14-6-4-13(5-7-14)12-17-8-10-18(11-9-17)21(16,19)20/h4-7H,8-12H2,1-3H3.